The number of unbranched alkanes of at least 4 members (excludes halogenated alkanes) is 1. The summed E-state index contributed by atoms with van der Waals surface area (Å²) < 4.78 is 0. The summed E-state index contributed by atoms with van der Waals surface area (Å²) in [6.07, 6.45) is 3.51. The second-order valence-corrected chi connectivity index (χ2v) is 4.75. The van der Waals surface area contributed by atoms with E-state index in [9.17, 15) is 4.79 Å². The van der Waals surface area contributed by atoms with E-state index in [0.717, 1.165) is 12.0 Å². The van der Waals surface area contributed by atoms with E-state index in [1.165, 1.54) is 18.4 Å². The van der Waals surface area contributed by atoms with E-state index < -0.39 is 0 Å². The second kappa shape index (κ2) is 7.31. The van der Waals surface area contributed by atoms with Gasteiger partial charge in [-0.1, -0.05) is 61.7 Å². The highest BCUT2D eigenvalue weighted by Gasteiger charge is 1.99. The molecule has 0 saturated carbocycles. The van der Waals surface area contributed by atoms with Gasteiger partial charge in [-0.2, -0.15) is 0 Å². The Morgan fingerprint density at radius 3 is 2.35 bits per heavy atom. The third-order valence-corrected chi connectivity index (χ3v) is 3.13. The Bertz CT molecular complexity index is 612. The van der Waals surface area contributed by atoms with Crippen LogP contribution in [0, 0.1) is 11.8 Å². The van der Waals surface area contributed by atoms with Gasteiger partial charge in [-0.15, -0.1) is 0 Å². The lowest BCUT2D eigenvalue weighted by Crippen LogP contribution is -1.93. The Balaban J connectivity index is 2.04. The Morgan fingerprint density at radius 2 is 1.70 bits per heavy atom. The van der Waals surface area contributed by atoms with Crippen LogP contribution < -0.4 is 0 Å². The molecule has 0 atom stereocenters. The lowest BCUT2D eigenvalue weighted by atomic mass is 10.1. The summed E-state index contributed by atoms with van der Waals surface area (Å²) in [5.41, 5.74) is 2.85. The van der Waals surface area contributed by atoms with Crippen LogP contribution in [0.15, 0.2) is 54.6 Å². The van der Waals surface area contributed by atoms with Crippen LogP contribution in [0.25, 0.3) is 0 Å². The van der Waals surface area contributed by atoms with Crippen molar-refractivity contribution in [2.45, 2.75) is 26.2 Å². The molecule has 0 amide bonds. The van der Waals surface area contributed by atoms with E-state index in [-0.39, 0.29) is 5.78 Å². The summed E-state index contributed by atoms with van der Waals surface area (Å²) >= 11 is 0. The first-order valence-electron chi connectivity index (χ1n) is 7.00. The van der Waals surface area contributed by atoms with Gasteiger partial charge in [-0.05, 0) is 36.5 Å². The van der Waals surface area contributed by atoms with Gasteiger partial charge in [0.1, 0.15) is 0 Å². The summed E-state index contributed by atoms with van der Waals surface area (Å²) in [4.78, 5) is 11.9. The molecule has 2 aromatic carbocycles. The van der Waals surface area contributed by atoms with Crippen molar-refractivity contribution in [1.29, 1.82) is 0 Å². The first-order chi connectivity index (χ1) is 9.79. The van der Waals surface area contributed by atoms with Crippen LogP contribution in [0.4, 0.5) is 0 Å². The zero-order valence-electron chi connectivity index (χ0n) is 11.7. The van der Waals surface area contributed by atoms with Crippen LogP contribution in [-0.2, 0) is 6.42 Å². The van der Waals surface area contributed by atoms with Crippen molar-refractivity contribution in [3.8, 4) is 11.8 Å². The average Bonchev–Trinajstić information content (AvgIpc) is 2.52. The van der Waals surface area contributed by atoms with E-state index >= 15 is 0 Å². The molecule has 0 unspecified atom stereocenters. The van der Waals surface area contributed by atoms with E-state index in [4.69, 9.17) is 0 Å². The lowest BCUT2D eigenvalue weighted by Gasteiger charge is -1.99. The van der Waals surface area contributed by atoms with E-state index in [2.05, 4.69) is 30.9 Å². The second-order valence-electron chi connectivity index (χ2n) is 4.75. The van der Waals surface area contributed by atoms with Crippen molar-refractivity contribution < 1.29 is 4.79 Å². The highest BCUT2D eigenvalue weighted by atomic mass is 16.1. The summed E-state index contributed by atoms with van der Waals surface area (Å²) in [5, 5.41) is 0. The van der Waals surface area contributed by atoms with Crippen LogP contribution in [0.2, 0.25) is 0 Å². The van der Waals surface area contributed by atoms with Gasteiger partial charge < -0.3 is 0 Å². The zero-order chi connectivity index (χ0) is 14.2. The number of Topliss-reactive ketones (excluding diaryl/α,β-unsaturated/α-hetero) is 1. The van der Waals surface area contributed by atoms with Crippen LogP contribution in [0.3, 0.4) is 0 Å². The number of carbonyl (C=O) groups excluding carboxylic acids is 1. The molecule has 0 spiro atoms. The maximum atomic E-state index is 11.9. The highest BCUT2D eigenvalue weighted by Crippen LogP contribution is 2.07. The molecule has 0 saturated heterocycles. The van der Waals surface area contributed by atoms with Gasteiger partial charge in [-0.25, -0.2) is 0 Å². The first-order valence-corrected chi connectivity index (χ1v) is 7.00. The smallest absolute Gasteiger partial charge is 0.236 e. The van der Waals surface area contributed by atoms with Gasteiger partial charge in [0.25, 0.3) is 0 Å². The maximum Gasteiger partial charge on any atom is 0.236 e. The van der Waals surface area contributed by atoms with Gasteiger partial charge in [-0.3, -0.25) is 4.79 Å². The Hall–Kier alpha value is -2.33. The molecule has 1 heteroatoms. The van der Waals surface area contributed by atoms with Gasteiger partial charge in [0.2, 0.25) is 5.78 Å². The molecular formula is C19H18O. The average molecular weight is 262 g/mol. The molecule has 2 aromatic rings. The van der Waals surface area contributed by atoms with E-state index in [1.54, 1.807) is 12.1 Å². The summed E-state index contributed by atoms with van der Waals surface area (Å²) in [7, 11) is 0. The van der Waals surface area contributed by atoms with Crippen LogP contribution in [0.1, 0.15) is 41.3 Å². The molecular weight excluding hydrogens is 244 g/mol. The molecule has 0 N–H and O–H groups in total. The predicted octanol–water partition coefficient (Wildman–Crippen LogP) is 4.26. The highest BCUT2D eigenvalue weighted by molar-refractivity contribution is 6.09. The summed E-state index contributed by atoms with van der Waals surface area (Å²) in [5.74, 6) is 5.48. The van der Waals surface area contributed by atoms with Crippen LogP contribution in [0.5, 0.6) is 0 Å². The Morgan fingerprint density at radius 1 is 1.00 bits per heavy atom. The fourth-order valence-electron chi connectivity index (χ4n) is 1.93. The van der Waals surface area contributed by atoms with Crippen molar-refractivity contribution in [3.63, 3.8) is 0 Å². The minimum absolute atomic E-state index is 0.138. The van der Waals surface area contributed by atoms with Crippen molar-refractivity contribution in [1.82, 2.24) is 0 Å². The SMILES string of the molecule is CCCCc1ccc(C#CC(=O)c2ccccc2)cc1. The molecule has 0 aromatic heterocycles. The Kier molecular flexibility index (Phi) is 5.15. The molecule has 20 heavy (non-hydrogen) atoms. The molecule has 0 aliphatic carbocycles. The lowest BCUT2D eigenvalue weighted by molar-refractivity contribution is 0.105. The quantitative estimate of drug-likeness (QED) is 0.594. The number of benzene rings is 2. The van der Waals surface area contributed by atoms with E-state index in [1.807, 2.05) is 30.3 Å². The summed E-state index contributed by atoms with van der Waals surface area (Å²) in [6.45, 7) is 2.19. The van der Waals surface area contributed by atoms with Crippen LogP contribution in [-0.4, -0.2) is 5.78 Å². The fraction of sp³-hybridized carbons (Fsp3) is 0.211. The third-order valence-electron chi connectivity index (χ3n) is 3.13. The molecule has 2 rings (SSSR count). The number of ketones is 1. The molecule has 1 nitrogen and oxygen atoms in total. The standard InChI is InChI=1S/C19H18O/c1-2-3-7-16-10-12-17(13-11-16)14-15-19(20)18-8-5-4-6-9-18/h4-6,8-13H,2-3,7H2,1H3. The molecule has 0 fully saturated rings. The van der Waals surface area contributed by atoms with Crippen LogP contribution >= 0.6 is 0 Å². The number of hydrogen-bond acceptors (Lipinski definition) is 1. The predicted molar refractivity (Wildman–Crippen MR) is 82.7 cm³/mol. The number of carbonyl (C=O) groups is 1. The minimum atomic E-state index is -0.138. The fourth-order valence-corrected chi connectivity index (χ4v) is 1.93. The number of hydrogen-bond donors (Lipinski definition) is 0. The van der Waals surface area contributed by atoms with Crippen molar-refractivity contribution in [2.75, 3.05) is 0 Å². The van der Waals surface area contributed by atoms with Crippen molar-refractivity contribution in [2.24, 2.45) is 0 Å². The topological polar surface area (TPSA) is 17.1 Å². The largest absolute Gasteiger partial charge is 0.279 e. The molecule has 100 valence electrons. The molecule has 0 aliphatic heterocycles. The minimum Gasteiger partial charge on any atom is -0.279 e. The molecule has 0 aliphatic rings. The van der Waals surface area contributed by atoms with Gasteiger partial charge in [0, 0.05) is 11.1 Å². The normalized spacial score (nSPS) is 9.65. The molecule has 0 bridgehead atoms. The maximum absolute atomic E-state index is 11.9. The van der Waals surface area contributed by atoms with Gasteiger partial charge >= 0.3 is 0 Å². The zero-order valence-corrected chi connectivity index (χ0v) is 11.7. The number of aryl methyl sites for hydroxylation is 1. The first kappa shape index (κ1) is 14.1. The molecule has 0 radical (unpaired) electrons. The van der Waals surface area contributed by atoms with Gasteiger partial charge in [0.05, 0.1) is 0 Å². The summed E-state index contributed by atoms with van der Waals surface area (Å²) in [6, 6.07) is 17.3. The molecule has 0 heterocycles. The van der Waals surface area contributed by atoms with Crippen molar-refractivity contribution >= 4 is 5.78 Å². The van der Waals surface area contributed by atoms with Crippen molar-refractivity contribution in [3.05, 3.63) is 71.3 Å². The number of rotatable bonds is 4. The monoisotopic (exact) mass is 262 g/mol. The Labute approximate surface area is 120 Å². The van der Waals surface area contributed by atoms with Gasteiger partial charge in [0.15, 0.2) is 0 Å². The third kappa shape index (κ3) is 4.10. The van der Waals surface area contributed by atoms with E-state index in [0.29, 0.717) is 5.56 Å².